The van der Waals surface area contributed by atoms with E-state index in [9.17, 15) is 4.79 Å². The van der Waals surface area contributed by atoms with Crippen LogP contribution in [0.25, 0.3) is 10.9 Å². The number of aromatic amines is 1. The normalized spacial score (nSPS) is 28.3. The fourth-order valence-corrected chi connectivity index (χ4v) is 3.46. The van der Waals surface area contributed by atoms with Crippen molar-refractivity contribution in [3.05, 3.63) is 36.0 Å². The molecule has 0 spiro atoms. The van der Waals surface area contributed by atoms with Crippen LogP contribution in [0.1, 0.15) is 29.8 Å². The number of benzene rings is 1. The van der Waals surface area contributed by atoms with Crippen molar-refractivity contribution in [1.29, 1.82) is 0 Å². The van der Waals surface area contributed by atoms with Crippen molar-refractivity contribution in [3.63, 3.8) is 0 Å². The minimum absolute atomic E-state index is 0.0450. The van der Waals surface area contributed by atoms with Crippen LogP contribution in [0.2, 0.25) is 0 Å². The fourth-order valence-electron chi connectivity index (χ4n) is 3.46. The van der Waals surface area contributed by atoms with Crippen LogP contribution >= 0.6 is 0 Å². The molecule has 1 aliphatic carbocycles. The van der Waals surface area contributed by atoms with Gasteiger partial charge in [0.25, 0.3) is 5.91 Å². The minimum atomic E-state index is -0.0450. The highest BCUT2D eigenvalue weighted by Gasteiger charge is 2.34. The van der Waals surface area contributed by atoms with Crippen LogP contribution in [0.4, 0.5) is 0 Å². The Kier molecular flexibility index (Phi) is 3.60. The van der Waals surface area contributed by atoms with E-state index in [2.05, 4.69) is 10.3 Å². The molecule has 5 nitrogen and oxygen atoms in total. The van der Waals surface area contributed by atoms with Gasteiger partial charge in [-0.05, 0) is 31.4 Å². The van der Waals surface area contributed by atoms with E-state index in [0.717, 1.165) is 30.2 Å². The molecule has 1 aromatic heterocycles. The zero-order valence-corrected chi connectivity index (χ0v) is 12.4. The maximum atomic E-state index is 12.4. The first-order valence-corrected chi connectivity index (χ1v) is 7.91. The van der Waals surface area contributed by atoms with E-state index in [4.69, 9.17) is 9.47 Å². The van der Waals surface area contributed by atoms with E-state index < -0.39 is 0 Å². The summed E-state index contributed by atoms with van der Waals surface area (Å²) in [6, 6.07) is 9.96. The lowest BCUT2D eigenvalue weighted by Gasteiger charge is -2.39. The van der Waals surface area contributed by atoms with Crippen molar-refractivity contribution in [2.45, 2.75) is 37.5 Å². The Balaban J connectivity index is 1.43. The summed E-state index contributed by atoms with van der Waals surface area (Å²) >= 11 is 0. The number of para-hydroxylation sites is 1. The second-order valence-corrected chi connectivity index (χ2v) is 6.07. The molecular weight excluding hydrogens is 280 g/mol. The zero-order valence-electron chi connectivity index (χ0n) is 12.4. The van der Waals surface area contributed by atoms with Crippen molar-refractivity contribution in [2.75, 3.05) is 13.2 Å². The first kappa shape index (κ1) is 13.8. The molecule has 2 fully saturated rings. The highest BCUT2D eigenvalue weighted by molar-refractivity contribution is 5.98. The number of rotatable bonds is 2. The molecule has 1 saturated heterocycles. The number of ether oxygens (including phenoxy) is 2. The molecule has 1 saturated carbocycles. The van der Waals surface area contributed by atoms with Gasteiger partial charge in [0.1, 0.15) is 5.69 Å². The van der Waals surface area contributed by atoms with Gasteiger partial charge in [0.15, 0.2) is 0 Å². The molecule has 2 heterocycles. The number of carbonyl (C=O) groups excluding carboxylic acids is 1. The van der Waals surface area contributed by atoms with Gasteiger partial charge in [0.05, 0.1) is 25.4 Å². The Hall–Kier alpha value is -1.85. The summed E-state index contributed by atoms with van der Waals surface area (Å²) in [6.07, 6.45) is 3.04. The number of aromatic nitrogens is 1. The van der Waals surface area contributed by atoms with Crippen molar-refractivity contribution in [3.8, 4) is 0 Å². The Morgan fingerprint density at radius 1 is 1.14 bits per heavy atom. The molecule has 2 aliphatic rings. The predicted octanol–water partition coefficient (Wildman–Crippen LogP) is 2.23. The van der Waals surface area contributed by atoms with Gasteiger partial charge in [-0.1, -0.05) is 18.2 Å². The summed E-state index contributed by atoms with van der Waals surface area (Å²) in [5.74, 6) is -0.0450. The molecule has 116 valence electrons. The Morgan fingerprint density at radius 2 is 1.95 bits per heavy atom. The number of hydrogen-bond donors (Lipinski definition) is 2. The third-order valence-corrected chi connectivity index (χ3v) is 4.59. The highest BCUT2D eigenvalue weighted by Crippen LogP contribution is 2.27. The number of fused-ring (bicyclic) bond motifs is 2. The summed E-state index contributed by atoms with van der Waals surface area (Å²) in [7, 11) is 0. The number of H-pyrrole nitrogens is 1. The van der Waals surface area contributed by atoms with Crippen LogP contribution in [-0.4, -0.2) is 42.4 Å². The molecule has 22 heavy (non-hydrogen) atoms. The van der Waals surface area contributed by atoms with Crippen LogP contribution in [0.5, 0.6) is 0 Å². The number of nitrogens with one attached hydrogen (secondary N) is 2. The van der Waals surface area contributed by atoms with Gasteiger partial charge in [-0.25, -0.2) is 0 Å². The first-order chi connectivity index (χ1) is 10.8. The van der Waals surface area contributed by atoms with Gasteiger partial charge >= 0.3 is 0 Å². The van der Waals surface area contributed by atoms with Gasteiger partial charge in [0, 0.05) is 16.9 Å². The Bertz CT molecular complexity index is 648. The SMILES string of the molecule is O=C(NC1CCC2OCCOC2C1)c1cc2ccccc2[nH]1. The van der Waals surface area contributed by atoms with Gasteiger partial charge in [-0.15, -0.1) is 0 Å². The van der Waals surface area contributed by atoms with Gasteiger partial charge in [0.2, 0.25) is 0 Å². The first-order valence-electron chi connectivity index (χ1n) is 7.91. The van der Waals surface area contributed by atoms with Crippen LogP contribution in [-0.2, 0) is 9.47 Å². The molecule has 2 N–H and O–H groups in total. The lowest BCUT2D eigenvalue weighted by atomic mass is 9.89. The molecule has 1 amide bonds. The summed E-state index contributed by atoms with van der Waals surface area (Å²) in [5.41, 5.74) is 1.60. The van der Waals surface area contributed by atoms with E-state index >= 15 is 0 Å². The molecule has 0 radical (unpaired) electrons. The Morgan fingerprint density at radius 3 is 2.82 bits per heavy atom. The predicted molar refractivity (Wildman–Crippen MR) is 82.9 cm³/mol. The maximum absolute atomic E-state index is 12.4. The molecule has 3 unspecified atom stereocenters. The molecule has 2 aromatic rings. The van der Waals surface area contributed by atoms with Gasteiger partial charge in [-0.2, -0.15) is 0 Å². The monoisotopic (exact) mass is 300 g/mol. The molecule has 1 aliphatic heterocycles. The van der Waals surface area contributed by atoms with E-state index in [1.54, 1.807) is 0 Å². The van der Waals surface area contributed by atoms with Crippen LogP contribution in [0, 0.1) is 0 Å². The Labute approximate surface area is 129 Å². The second-order valence-electron chi connectivity index (χ2n) is 6.07. The largest absolute Gasteiger partial charge is 0.373 e. The van der Waals surface area contributed by atoms with Gasteiger partial charge in [-0.3, -0.25) is 4.79 Å². The summed E-state index contributed by atoms with van der Waals surface area (Å²) in [6.45, 7) is 1.34. The average Bonchev–Trinajstić information content (AvgIpc) is 2.99. The van der Waals surface area contributed by atoms with E-state index in [1.807, 2.05) is 30.3 Å². The third kappa shape index (κ3) is 2.62. The number of amides is 1. The minimum Gasteiger partial charge on any atom is -0.373 e. The highest BCUT2D eigenvalue weighted by atomic mass is 16.6. The quantitative estimate of drug-likeness (QED) is 0.894. The van der Waals surface area contributed by atoms with Crippen molar-refractivity contribution in [1.82, 2.24) is 10.3 Å². The molecule has 4 rings (SSSR count). The van der Waals surface area contributed by atoms with Crippen molar-refractivity contribution in [2.24, 2.45) is 0 Å². The summed E-state index contributed by atoms with van der Waals surface area (Å²) in [4.78, 5) is 15.6. The van der Waals surface area contributed by atoms with Crippen LogP contribution in [0.3, 0.4) is 0 Å². The van der Waals surface area contributed by atoms with Crippen LogP contribution < -0.4 is 5.32 Å². The molecular formula is C17H20N2O3. The summed E-state index contributed by atoms with van der Waals surface area (Å²) in [5, 5.41) is 4.18. The molecule has 0 bridgehead atoms. The summed E-state index contributed by atoms with van der Waals surface area (Å²) < 4.78 is 11.5. The van der Waals surface area contributed by atoms with E-state index in [1.165, 1.54) is 0 Å². The molecule has 5 heteroatoms. The maximum Gasteiger partial charge on any atom is 0.267 e. The standard InChI is InChI=1S/C17H20N2O3/c20-17(14-9-11-3-1-2-4-13(11)19-14)18-12-5-6-15-16(10-12)22-8-7-21-15/h1-4,9,12,15-16,19H,5-8,10H2,(H,18,20). The third-order valence-electron chi connectivity index (χ3n) is 4.59. The zero-order chi connectivity index (χ0) is 14.9. The van der Waals surface area contributed by atoms with Gasteiger partial charge < -0.3 is 19.8 Å². The van der Waals surface area contributed by atoms with E-state index in [-0.39, 0.29) is 24.2 Å². The molecule has 3 atom stereocenters. The lowest BCUT2D eigenvalue weighted by molar-refractivity contribution is -0.157. The number of hydrogen-bond acceptors (Lipinski definition) is 3. The van der Waals surface area contributed by atoms with Crippen LogP contribution in [0.15, 0.2) is 30.3 Å². The number of carbonyl (C=O) groups is 1. The second kappa shape index (κ2) is 5.74. The molecule has 1 aromatic carbocycles. The van der Waals surface area contributed by atoms with Crippen molar-refractivity contribution >= 4 is 16.8 Å². The lowest BCUT2D eigenvalue weighted by Crippen LogP contribution is -2.49. The topological polar surface area (TPSA) is 63.4 Å². The smallest absolute Gasteiger partial charge is 0.267 e. The average molecular weight is 300 g/mol. The van der Waals surface area contributed by atoms with E-state index in [0.29, 0.717) is 18.9 Å². The van der Waals surface area contributed by atoms with Crippen molar-refractivity contribution < 1.29 is 14.3 Å². The fraction of sp³-hybridized carbons (Fsp3) is 0.471.